The third-order valence-corrected chi connectivity index (χ3v) is 9.12. The second-order valence-electron chi connectivity index (χ2n) is 12.0. The molecule has 0 radical (unpaired) electrons. The minimum absolute atomic E-state index is 0.595. The Kier molecular flexibility index (Phi) is 5.81. The molecule has 0 aliphatic heterocycles. The highest BCUT2D eigenvalue weighted by Crippen LogP contribution is 2.38. The molecule has 0 aliphatic carbocycles. The van der Waals surface area contributed by atoms with Crippen molar-refractivity contribution in [3.8, 4) is 45.3 Å². The maximum Gasteiger partial charge on any atom is 0.164 e. The summed E-state index contributed by atoms with van der Waals surface area (Å²) in [5.41, 5.74) is 8.47. The summed E-state index contributed by atoms with van der Waals surface area (Å²) in [5, 5.41) is 6.66. The number of para-hydroxylation sites is 2. The Morgan fingerprint density at radius 1 is 0.333 bits per heavy atom. The number of hydrogen-bond donors (Lipinski definition) is 0. The molecule has 0 aliphatic rings. The maximum atomic E-state index is 6.20. The van der Waals surface area contributed by atoms with E-state index in [4.69, 9.17) is 23.8 Å². The van der Waals surface area contributed by atoms with Gasteiger partial charge in [-0.25, -0.2) is 15.0 Å². The summed E-state index contributed by atoms with van der Waals surface area (Å²) < 4.78 is 12.4. The van der Waals surface area contributed by atoms with Crippen LogP contribution in [0.3, 0.4) is 0 Å². The predicted octanol–water partition coefficient (Wildman–Crippen LogP) is 11.5. The molecule has 224 valence electrons. The van der Waals surface area contributed by atoms with Gasteiger partial charge in [0.25, 0.3) is 0 Å². The summed E-state index contributed by atoms with van der Waals surface area (Å²) in [6.45, 7) is 0. The molecule has 48 heavy (non-hydrogen) atoms. The van der Waals surface area contributed by atoms with Gasteiger partial charge in [-0.05, 0) is 64.4 Å². The van der Waals surface area contributed by atoms with Gasteiger partial charge in [0.05, 0.1) is 0 Å². The molecule has 10 aromatic rings. The quantitative estimate of drug-likeness (QED) is 0.197. The van der Waals surface area contributed by atoms with Crippen LogP contribution in [0.2, 0.25) is 0 Å². The SMILES string of the molecule is c1ccc(-c2nc(-c3ccc4cc(-c5cccc6oc7ccccc7c56)ccc4c3)nc(-c3ccc4c(c3)oc3ccccc34)n2)cc1. The number of benzene rings is 7. The average molecular weight is 616 g/mol. The minimum atomic E-state index is 0.595. The second kappa shape index (κ2) is 10.5. The normalized spacial score (nSPS) is 11.8. The van der Waals surface area contributed by atoms with Crippen molar-refractivity contribution in [3.05, 3.63) is 152 Å². The molecule has 0 N–H and O–H groups in total. The molecule has 0 saturated heterocycles. The number of furan rings is 2. The van der Waals surface area contributed by atoms with E-state index in [2.05, 4.69) is 78.9 Å². The lowest BCUT2D eigenvalue weighted by Crippen LogP contribution is -2.00. The van der Waals surface area contributed by atoms with Crippen LogP contribution in [0.4, 0.5) is 0 Å². The Balaban J connectivity index is 1.09. The van der Waals surface area contributed by atoms with Gasteiger partial charge < -0.3 is 8.83 Å². The van der Waals surface area contributed by atoms with Gasteiger partial charge in [-0.2, -0.15) is 0 Å². The number of hydrogen-bond acceptors (Lipinski definition) is 5. The fourth-order valence-electron chi connectivity index (χ4n) is 6.78. The Labute approximate surface area is 274 Å². The molecule has 0 unspecified atom stereocenters. The standard InChI is InChI=1S/C43H25N3O2/c1-2-9-26(10-3-1)41-44-42(46-43(45-41)31-21-22-34-33-11-4-6-14-36(33)48-39(34)25-31)30-20-18-27-23-29(19-17-28(27)24-30)32-13-8-16-38-40(32)35-12-5-7-15-37(35)47-38/h1-25H. The zero-order valence-corrected chi connectivity index (χ0v) is 25.6. The van der Waals surface area contributed by atoms with Crippen LogP contribution >= 0.6 is 0 Å². The summed E-state index contributed by atoms with van der Waals surface area (Å²) in [4.78, 5) is 14.9. The Morgan fingerprint density at radius 2 is 0.875 bits per heavy atom. The third kappa shape index (κ3) is 4.29. The van der Waals surface area contributed by atoms with E-state index >= 15 is 0 Å². The minimum Gasteiger partial charge on any atom is -0.456 e. The highest BCUT2D eigenvalue weighted by Gasteiger charge is 2.16. The van der Waals surface area contributed by atoms with Crippen LogP contribution < -0.4 is 0 Å². The average Bonchev–Trinajstić information content (AvgIpc) is 3.73. The third-order valence-electron chi connectivity index (χ3n) is 9.12. The number of fused-ring (bicyclic) bond motifs is 7. The summed E-state index contributed by atoms with van der Waals surface area (Å²) >= 11 is 0. The molecule has 0 spiro atoms. The molecular formula is C43H25N3O2. The monoisotopic (exact) mass is 615 g/mol. The first-order chi connectivity index (χ1) is 23.7. The molecule has 3 aromatic heterocycles. The summed E-state index contributed by atoms with van der Waals surface area (Å²) in [6, 6.07) is 51.8. The van der Waals surface area contributed by atoms with E-state index in [-0.39, 0.29) is 0 Å². The van der Waals surface area contributed by atoms with Crippen molar-refractivity contribution in [2.75, 3.05) is 0 Å². The van der Waals surface area contributed by atoms with Gasteiger partial charge in [0.15, 0.2) is 17.5 Å². The van der Waals surface area contributed by atoms with Gasteiger partial charge in [0.2, 0.25) is 0 Å². The largest absolute Gasteiger partial charge is 0.456 e. The summed E-state index contributed by atoms with van der Waals surface area (Å²) in [6.07, 6.45) is 0. The van der Waals surface area contributed by atoms with Gasteiger partial charge in [-0.3, -0.25) is 0 Å². The zero-order valence-electron chi connectivity index (χ0n) is 25.6. The Bertz CT molecular complexity index is 2850. The van der Waals surface area contributed by atoms with Gasteiger partial charge in [-0.15, -0.1) is 0 Å². The molecule has 0 saturated carbocycles. The van der Waals surface area contributed by atoms with E-state index in [9.17, 15) is 0 Å². The molecule has 3 heterocycles. The topological polar surface area (TPSA) is 65.0 Å². The molecule has 0 amide bonds. The fourth-order valence-corrected chi connectivity index (χ4v) is 6.78. The molecule has 0 atom stereocenters. The molecule has 10 rings (SSSR count). The van der Waals surface area contributed by atoms with Crippen molar-refractivity contribution in [2.24, 2.45) is 0 Å². The van der Waals surface area contributed by atoms with Crippen LogP contribution in [0.5, 0.6) is 0 Å². The second-order valence-corrected chi connectivity index (χ2v) is 12.0. The predicted molar refractivity (Wildman–Crippen MR) is 194 cm³/mol. The van der Waals surface area contributed by atoms with Crippen LogP contribution in [-0.4, -0.2) is 15.0 Å². The maximum absolute atomic E-state index is 6.20. The van der Waals surface area contributed by atoms with Crippen molar-refractivity contribution in [1.29, 1.82) is 0 Å². The number of aromatic nitrogens is 3. The molecule has 7 aromatic carbocycles. The van der Waals surface area contributed by atoms with Gasteiger partial charge >= 0.3 is 0 Å². The van der Waals surface area contributed by atoms with Crippen molar-refractivity contribution in [2.45, 2.75) is 0 Å². The first-order valence-electron chi connectivity index (χ1n) is 15.9. The van der Waals surface area contributed by atoms with E-state index in [0.717, 1.165) is 82.5 Å². The Hall–Kier alpha value is -6.59. The van der Waals surface area contributed by atoms with Crippen molar-refractivity contribution < 1.29 is 8.83 Å². The van der Waals surface area contributed by atoms with E-state index < -0.39 is 0 Å². The molecule has 0 fully saturated rings. The first kappa shape index (κ1) is 26.6. The van der Waals surface area contributed by atoms with Crippen LogP contribution in [0.25, 0.3) is 99.9 Å². The smallest absolute Gasteiger partial charge is 0.164 e. The Morgan fingerprint density at radius 3 is 1.67 bits per heavy atom. The molecule has 5 nitrogen and oxygen atoms in total. The molecule has 0 bridgehead atoms. The van der Waals surface area contributed by atoms with Crippen molar-refractivity contribution >= 4 is 54.6 Å². The number of rotatable bonds is 4. The van der Waals surface area contributed by atoms with Crippen molar-refractivity contribution in [3.63, 3.8) is 0 Å². The van der Waals surface area contributed by atoms with Crippen LogP contribution in [0, 0.1) is 0 Å². The highest BCUT2D eigenvalue weighted by atomic mass is 16.3. The van der Waals surface area contributed by atoms with E-state index in [1.807, 2.05) is 72.8 Å². The number of nitrogens with zero attached hydrogens (tertiary/aromatic N) is 3. The van der Waals surface area contributed by atoms with Crippen LogP contribution in [-0.2, 0) is 0 Å². The van der Waals surface area contributed by atoms with E-state index in [1.54, 1.807) is 0 Å². The lowest BCUT2D eigenvalue weighted by atomic mass is 9.96. The fraction of sp³-hybridized carbons (Fsp3) is 0. The van der Waals surface area contributed by atoms with Crippen molar-refractivity contribution in [1.82, 2.24) is 15.0 Å². The lowest BCUT2D eigenvalue weighted by molar-refractivity contribution is 0.668. The van der Waals surface area contributed by atoms with Gasteiger partial charge in [-0.1, -0.05) is 109 Å². The van der Waals surface area contributed by atoms with Gasteiger partial charge in [0, 0.05) is 38.2 Å². The van der Waals surface area contributed by atoms with E-state index in [1.165, 1.54) is 0 Å². The van der Waals surface area contributed by atoms with Crippen LogP contribution in [0.15, 0.2) is 160 Å². The summed E-state index contributed by atoms with van der Waals surface area (Å²) in [7, 11) is 0. The molecular weight excluding hydrogens is 590 g/mol. The molecule has 5 heteroatoms. The van der Waals surface area contributed by atoms with Crippen LogP contribution in [0.1, 0.15) is 0 Å². The lowest BCUT2D eigenvalue weighted by Gasteiger charge is -2.10. The van der Waals surface area contributed by atoms with Gasteiger partial charge in [0.1, 0.15) is 22.3 Å². The highest BCUT2D eigenvalue weighted by molar-refractivity contribution is 6.13. The van der Waals surface area contributed by atoms with E-state index in [0.29, 0.717) is 17.5 Å². The summed E-state index contributed by atoms with van der Waals surface area (Å²) in [5.74, 6) is 1.83. The first-order valence-corrected chi connectivity index (χ1v) is 15.9. The zero-order chi connectivity index (χ0) is 31.6.